The zero-order chi connectivity index (χ0) is 22.5. The molecule has 1 N–H and O–H groups in total. The number of carboxylic acid groups (broad SMARTS) is 1. The predicted octanol–water partition coefficient (Wildman–Crippen LogP) is 6.38. The number of unbranched alkanes of at least 4 members (excludes halogenated alkanes) is 13. The molecule has 0 aromatic heterocycles. The van der Waals surface area contributed by atoms with Gasteiger partial charge in [-0.1, -0.05) is 90.4 Å². The molecule has 6 heteroatoms. The van der Waals surface area contributed by atoms with E-state index in [1.165, 1.54) is 70.6 Å². The minimum atomic E-state index is -1.34. The molecule has 0 fully saturated rings. The van der Waals surface area contributed by atoms with Crippen molar-refractivity contribution in [2.75, 3.05) is 19.8 Å². The van der Waals surface area contributed by atoms with Gasteiger partial charge in [-0.05, 0) is 20.3 Å². The third kappa shape index (κ3) is 15.2. The van der Waals surface area contributed by atoms with Crippen LogP contribution >= 0.6 is 0 Å². The Kier molecular flexibility index (Phi) is 19.4. The second kappa shape index (κ2) is 20.5. The molecule has 30 heavy (non-hydrogen) atoms. The van der Waals surface area contributed by atoms with Gasteiger partial charge < -0.3 is 19.3 Å². The summed E-state index contributed by atoms with van der Waals surface area (Å²) >= 11 is 0. The SMILES string of the molecule is CCCCCCCCCCCCCCCCOC(=O)/C(OCC)=C(/OCC)C(=O)O. The molecule has 0 spiro atoms. The topological polar surface area (TPSA) is 82.1 Å². The minimum Gasteiger partial charge on any atom is -0.484 e. The van der Waals surface area contributed by atoms with E-state index in [9.17, 15) is 14.7 Å². The average Bonchev–Trinajstić information content (AvgIpc) is 2.73. The Morgan fingerprint density at radius 3 is 1.37 bits per heavy atom. The van der Waals surface area contributed by atoms with Gasteiger partial charge in [0.05, 0.1) is 19.8 Å². The normalized spacial score (nSPS) is 11.7. The number of hydrogen-bond acceptors (Lipinski definition) is 5. The molecule has 0 heterocycles. The molecule has 0 aromatic carbocycles. The summed E-state index contributed by atoms with van der Waals surface area (Å²) in [5.41, 5.74) is 0. The smallest absolute Gasteiger partial charge is 0.377 e. The van der Waals surface area contributed by atoms with Gasteiger partial charge in [0.25, 0.3) is 11.5 Å². The van der Waals surface area contributed by atoms with Crippen molar-refractivity contribution in [3.8, 4) is 0 Å². The largest absolute Gasteiger partial charge is 0.484 e. The van der Waals surface area contributed by atoms with Crippen molar-refractivity contribution in [3.05, 3.63) is 11.5 Å². The fourth-order valence-corrected chi connectivity index (χ4v) is 3.26. The molecule has 0 aromatic rings. The summed E-state index contributed by atoms with van der Waals surface area (Å²) in [4.78, 5) is 23.4. The monoisotopic (exact) mass is 428 g/mol. The Balaban J connectivity index is 3.78. The van der Waals surface area contributed by atoms with Crippen LogP contribution in [0.4, 0.5) is 0 Å². The first kappa shape index (κ1) is 28.3. The molecule has 0 saturated carbocycles. The molecule has 0 aliphatic rings. The second-order valence-electron chi connectivity index (χ2n) is 7.56. The molecule has 0 aliphatic heterocycles. The molecule has 0 amide bonds. The Morgan fingerprint density at radius 1 is 0.567 bits per heavy atom. The van der Waals surface area contributed by atoms with E-state index >= 15 is 0 Å². The Morgan fingerprint density at radius 2 is 0.967 bits per heavy atom. The van der Waals surface area contributed by atoms with Crippen LogP contribution in [0.1, 0.15) is 111 Å². The van der Waals surface area contributed by atoms with Crippen LogP contribution in [0, 0.1) is 0 Å². The first-order valence-electron chi connectivity index (χ1n) is 12.0. The van der Waals surface area contributed by atoms with Crippen LogP contribution in [-0.2, 0) is 23.8 Å². The number of carbonyl (C=O) groups is 2. The van der Waals surface area contributed by atoms with E-state index in [4.69, 9.17) is 14.2 Å². The van der Waals surface area contributed by atoms with E-state index in [-0.39, 0.29) is 25.6 Å². The fraction of sp³-hybridized carbons (Fsp3) is 0.833. The molecule has 0 unspecified atom stereocenters. The molecule has 0 atom stereocenters. The number of rotatable bonds is 21. The van der Waals surface area contributed by atoms with Crippen LogP contribution in [0.15, 0.2) is 11.5 Å². The average molecular weight is 429 g/mol. The summed E-state index contributed by atoms with van der Waals surface area (Å²) < 4.78 is 15.4. The van der Waals surface area contributed by atoms with Crippen molar-refractivity contribution in [1.82, 2.24) is 0 Å². The van der Waals surface area contributed by atoms with Gasteiger partial charge in [0.2, 0.25) is 0 Å². The van der Waals surface area contributed by atoms with E-state index in [1.807, 2.05) is 0 Å². The molecule has 6 nitrogen and oxygen atoms in total. The molecule has 0 aliphatic carbocycles. The van der Waals surface area contributed by atoms with Crippen molar-refractivity contribution in [3.63, 3.8) is 0 Å². The molecule has 0 rings (SSSR count). The van der Waals surface area contributed by atoms with Crippen molar-refractivity contribution in [2.45, 2.75) is 111 Å². The highest BCUT2D eigenvalue weighted by atomic mass is 16.6. The summed E-state index contributed by atoms with van der Waals surface area (Å²) in [6.07, 6.45) is 17.6. The van der Waals surface area contributed by atoms with Crippen molar-refractivity contribution >= 4 is 11.9 Å². The number of aliphatic carboxylic acids is 1. The van der Waals surface area contributed by atoms with E-state index in [0.717, 1.165) is 19.3 Å². The van der Waals surface area contributed by atoms with Crippen LogP contribution in [0.5, 0.6) is 0 Å². The lowest BCUT2D eigenvalue weighted by Crippen LogP contribution is -2.19. The van der Waals surface area contributed by atoms with E-state index in [2.05, 4.69) is 6.92 Å². The van der Waals surface area contributed by atoms with E-state index in [1.54, 1.807) is 13.8 Å². The van der Waals surface area contributed by atoms with Gasteiger partial charge in [0.15, 0.2) is 0 Å². The van der Waals surface area contributed by atoms with E-state index < -0.39 is 17.7 Å². The second-order valence-corrected chi connectivity index (χ2v) is 7.56. The predicted molar refractivity (Wildman–Crippen MR) is 119 cm³/mol. The highest BCUT2D eigenvalue weighted by molar-refractivity contribution is 5.96. The van der Waals surface area contributed by atoms with Gasteiger partial charge in [0, 0.05) is 0 Å². The third-order valence-corrected chi connectivity index (χ3v) is 4.89. The molecular formula is C24H44O6. The van der Waals surface area contributed by atoms with Crippen LogP contribution in [0.3, 0.4) is 0 Å². The summed E-state index contributed by atoms with van der Waals surface area (Å²) in [6, 6.07) is 0. The lowest BCUT2D eigenvalue weighted by molar-refractivity contribution is -0.146. The maximum absolute atomic E-state index is 12.1. The molecule has 0 radical (unpaired) electrons. The minimum absolute atomic E-state index is 0.129. The zero-order valence-corrected chi connectivity index (χ0v) is 19.5. The first-order valence-corrected chi connectivity index (χ1v) is 12.0. The Labute approximate surface area is 183 Å². The number of esters is 1. The van der Waals surface area contributed by atoms with Gasteiger partial charge in [-0.15, -0.1) is 0 Å². The maximum Gasteiger partial charge on any atom is 0.377 e. The Hall–Kier alpha value is -1.72. The highest BCUT2D eigenvalue weighted by Crippen LogP contribution is 2.14. The quantitative estimate of drug-likeness (QED) is 0.0988. The van der Waals surface area contributed by atoms with Gasteiger partial charge in [-0.2, -0.15) is 0 Å². The summed E-state index contributed by atoms with van der Waals surface area (Å²) in [7, 11) is 0. The van der Waals surface area contributed by atoms with Crippen molar-refractivity contribution in [1.29, 1.82) is 0 Å². The van der Waals surface area contributed by atoms with Crippen LogP contribution < -0.4 is 0 Å². The zero-order valence-electron chi connectivity index (χ0n) is 19.5. The van der Waals surface area contributed by atoms with Gasteiger partial charge in [0.1, 0.15) is 0 Å². The van der Waals surface area contributed by atoms with Crippen molar-refractivity contribution < 1.29 is 28.9 Å². The molecule has 176 valence electrons. The van der Waals surface area contributed by atoms with Crippen LogP contribution in [0.2, 0.25) is 0 Å². The standard InChI is InChI=1S/C24H44O6/c1-4-7-8-9-10-11-12-13-14-15-16-17-18-19-20-30-24(27)22(29-6-3)21(23(25)26)28-5-2/h4-20H2,1-3H3,(H,25,26)/b22-21-. The number of carboxylic acids is 1. The molecular weight excluding hydrogens is 384 g/mol. The Bertz CT molecular complexity index is 472. The molecule has 0 bridgehead atoms. The van der Waals surface area contributed by atoms with Crippen molar-refractivity contribution in [2.24, 2.45) is 0 Å². The highest BCUT2D eigenvalue weighted by Gasteiger charge is 2.25. The van der Waals surface area contributed by atoms with Crippen LogP contribution in [0.25, 0.3) is 0 Å². The van der Waals surface area contributed by atoms with E-state index in [0.29, 0.717) is 0 Å². The maximum atomic E-state index is 12.1. The first-order chi connectivity index (χ1) is 14.6. The van der Waals surface area contributed by atoms with Gasteiger partial charge >= 0.3 is 11.9 Å². The lowest BCUT2D eigenvalue weighted by atomic mass is 10.0. The fourth-order valence-electron chi connectivity index (χ4n) is 3.26. The summed E-state index contributed by atoms with van der Waals surface area (Å²) in [5, 5.41) is 9.18. The summed E-state index contributed by atoms with van der Waals surface area (Å²) in [5.74, 6) is -2.98. The molecule has 0 saturated heterocycles. The third-order valence-electron chi connectivity index (χ3n) is 4.89. The number of carbonyl (C=O) groups excluding carboxylic acids is 1. The van der Waals surface area contributed by atoms with Gasteiger partial charge in [-0.25, -0.2) is 9.59 Å². The van der Waals surface area contributed by atoms with Gasteiger partial charge in [-0.3, -0.25) is 0 Å². The van der Waals surface area contributed by atoms with Crippen LogP contribution in [-0.4, -0.2) is 36.9 Å². The number of ether oxygens (including phenoxy) is 3. The summed E-state index contributed by atoms with van der Waals surface area (Å²) in [6.45, 7) is 6.12. The number of hydrogen-bond donors (Lipinski definition) is 1. The lowest BCUT2D eigenvalue weighted by Gasteiger charge is -2.12.